The lowest BCUT2D eigenvalue weighted by Gasteiger charge is -2.04. The average Bonchev–Trinajstić information content (AvgIpc) is 2.92. The van der Waals surface area contributed by atoms with Gasteiger partial charge < -0.3 is 5.32 Å². The molecule has 0 aliphatic carbocycles. The van der Waals surface area contributed by atoms with Crippen molar-refractivity contribution < 1.29 is 4.79 Å². The van der Waals surface area contributed by atoms with Crippen molar-refractivity contribution in [1.82, 2.24) is 9.78 Å². The van der Waals surface area contributed by atoms with E-state index in [2.05, 4.69) is 10.4 Å². The van der Waals surface area contributed by atoms with E-state index in [4.69, 9.17) is 11.6 Å². The predicted molar refractivity (Wildman–Crippen MR) is 86.3 cm³/mol. The summed E-state index contributed by atoms with van der Waals surface area (Å²) in [6.45, 7) is 2.51. The van der Waals surface area contributed by atoms with Gasteiger partial charge in [0.1, 0.15) is 11.6 Å². The van der Waals surface area contributed by atoms with E-state index >= 15 is 0 Å². The van der Waals surface area contributed by atoms with Crippen LogP contribution in [0.15, 0.2) is 42.2 Å². The number of hydrogen-bond acceptors (Lipinski definition) is 3. The third-order valence-electron chi connectivity index (χ3n) is 2.92. The van der Waals surface area contributed by atoms with E-state index in [0.29, 0.717) is 23.7 Å². The Bertz CT molecular complexity index is 743. The minimum atomic E-state index is -0.446. The van der Waals surface area contributed by atoms with E-state index in [9.17, 15) is 10.1 Å². The van der Waals surface area contributed by atoms with Gasteiger partial charge in [0.25, 0.3) is 5.91 Å². The number of carbonyl (C=O) groups is 1. The molecule has 0 saturated carbocycles. The summed E-state index contributed by atoms with van der Waals surface area (Å²) in [5.74, 6) is 0.00208. The molecular weight excluding hydrogens is 300 g/mol. The van der Waals surface area contributed by atoms with Crippen molar-refractivity contribution in [3.8, 4) is 6.07 Å². The fraction of sp³-hybridized carbons (Fsp3) is 0.188. The number of halogens is 1. The summed E-state index contributed by atoms with van der Waals surface area (Å²) < 4.78 is 1.66. The highest BCUT2D eigenvalue weighted by Crippen LogP contribution is 2.12. The number of hydrogen-bond donors (Lipinski definition) is 1. The zero-order valence-electron chi connectivity index (χ0n) is 12.1. The molecule has 1 amide bonds. The number of alkyl halides is 1. The smallest absolute Gasteiger partial charge is 0.266 e. The fourth-order valence-corrected chi connectivity index (χ4v) is 2.07. The minimum absolute atomic E-state index is 0.0203. The van der Waals surface area contributed by atoms with E-state index in [1.165, 1.54) is 6.08 Å². The van der Waals surface area contributed by atoms with Gasteiger partial charge in [-0.05, 0) is 30.7 Å². The van der Waals surface area contributed by atoms with Crippen LogP contribution >= 0.6 is 11.6 Å². The molecule has 0 spiro atoms. The third kappa shape index (κ3) is 4.21. The Kier molecular flexibility index (Phi) is 5.34. The number of amides is 1. The van der Waals surface area contributed by atoms with Crippen LogP contribution in [0.25, 0.3) is 6.08 Å². The first-order valence-corrected chi connectivity index (χ1v) is 7.24. The Hall–Kier alpha value is -2.58. The number of nitrogens with zero attached hydrogens (tertiary/aromatic N) is 3. The lowest BCUT2D eigenvalue weighted by atomic mass is 10.2. The molecule has 112 valence electrons. The standard InChI is InChI=1S/C16H15ClN4O/c1-12-3-2-4-15(7-12)20-16(22)14(9-18)8-13-10-19-21(11-13)6-5-17/h2-4,7-8,10-11H,5-6H2,1H3,(H,20,22). The van der Waals surface area contributed by atoms with Crippen molar-refractivity contribution >= 4 is 29.3 Å². The molecule has 2 aromatic rings. The Morgan fingerprint density at radius 2 is 2.36 bits per heavy atom. The predicted octanol–water partition coefficient (Wildman–Crippen LogP) is 2.98. The van der Waals surface area contributed by atoms with Crippen LogP contribution < -0.4 is 5.32 Å². The maximum absolute atomic E-state index is 12.1. The molecule has 5 nitrogen and oxygen atoms in total. The van der Waals surface area contributed by atoms with Crippen LogP contribution in [0.2, 0.25) is 0 Å². The summed E-state index contributed by atoms with van der Waals surface area (Å²) in [6, 6.07) is 9.30. The molecule has 1 heterocycles. The van der Waals surface area contributed by atoms with E-state index in [1.807, 2.05) is 31.2 Å². The fourth-order valence-electron chi connectivity index (χ4n) is 1.90. The molecule has 0 radical (unpaired) electrons. The Morgan fingerprint density at radius 1 is 1.55 bits per heavy atom. The van der Waals surface area contributed by atoms with Crippen molar-refractivity contribution in [2.24, 2.45) is 0 Å². The van der Waals surface area contributed by atoms with Crippen molar-refractivity contribution in [1.29, 1.82) is 5.26 Å². The van der Waals surface area contributed by atoms with Crippen LogP contribution in [0.3, 0.4) is 0 Å². The zero-order chi connectivity index (χ0) is 15.9. The molecular formula is C16H15ClN4O. The van der Waals surface area contributed by atoms with Gasteiger partial charge in [-0.2, -0.15) is 10.4 Å². The molecule has 1 aromatic carbocycles. The highest BCUT2D eigenvalue weighted by Gasteiger charge is 2.10. The zero-order valence-corrected chi connectivity index (χ0v) is 12.8. The van der Waals surface area contributed by atoms with Crippen LogP contribution in [-0.4, -0.2) is 21.6 Å². The van der Waals surface area contributed by atoms with E-state index < -0.39 is 5.91 Å². The van der Waals surface area contributed by atoms with Crippen LogP contribution in [0.5, 0.6) is 0 Å². The molecule has 0 bridgehead atoms. The first-order valence-electron chi connectivity index (χ1n) is 6.70. The topological polar surface area (TPSA) is 70.7 Å². The molecule has 0 atom stereocenters. The number of rotatable bonds is 5. The van der Waals surface area contributed by atoms with Gasteiger partial charge in [0.2, 0.25) is 0 Å². The first-order chi connectivity index (χ1) is 10.6. The Balaban J connectivity index is 2.14. The molecule has 6 heteroatoms. The summed E-state index contributed by atoms with van der Waals surface area (Å²) >= 11 is 5.64. The Labute approximate surface area is 133 Å². The van der Waals surface area contributed by atoms with E-state index in [0.717, 1.165) is 5.56 Å². The molecule has 2 rings (SSSR count). The number of aromatic nitrogens is 2. The lowest BCUT2D eigenvalue weighted by molar-refractivity contribution is -0.112. The van der Waals surface area contributed by atoms with Gasteiger partial charge in [-0.1, -0.05) is 12.1 Å². The van der Waals surface area contributed by atoms with Gasteiger partial charge in [-0.15, -0.1) is 11.6 Å². The number of anilines is 1. The van der Waals surface area contributed by atoms with Gasteiger partial charge in [-0.25, -0.2) is 0 Å². The molecule has 1 N–H and O–H groups in total. The second-order valence-corrected chi connectivity index (χ2v) is 5.10. The van der Waals surface area contributed by atoms with Crippen LogP contribution in [0.4, 0.5) is 5.69 Å². The highest BCUT2D eigenvalue weighted by atomic mass is 35.5. The number of nitriles is 1. The molecule has 0 saturated heterocycles. The van der Waals surface area contributed by atoms with Gasteiger partial charge in [0.05, 0.1) is 12.7 Å². The van der Waals surface area contributed by atoms with Crippen LogP contribution in [0.1, 0.15) is 11.1 Å². The number of carbonyl (C=O) groups excluding carboxylic acids is 1. The first kappa shape index (κ1) is 15.8. The SMILES string of the molecule is Cc1cccc(NC(=O)C(C#N)=Cc2cnn(CCCl)c2)c1. The molecule has 22 heavy (non-hydrogen) atoms. The summed E-state index contributed by atoms with van der Waals surface area (Å²) in [5.41, 5.74) is 2.39. The second-order valence-electron chi connectivity index (χ2n) is 4.72. The van der Waals surface area contributed by atoms with Gasteiger partial charge in [0.15, 0.2) is 0 Å². The van der Waals surface area contributed by atoms with Gasteiger partial charge >= 0.3 is 0 Å². The number of nitrogens with one attached hydrogen (secondary N) is 1. The summed E-state index contributed by atoms with van der Waals surface area (Å²) in [6.07, 6.45) is 4.83. The third-order valence-corrected chi connectivity index (χ3v) is 3.09. The monoisotopic (exact) mass is 314 g/mol. The molecule has 0 aliphatic heterocycles. The van der Waals surface area contributed by atoms with E-state index in [-0.39, 0.29) is 5.57 Å². The van der Waals surface area contributed by atoms with E-state index in [1.54, 1.807) is 23.1 Å². The number of aryl methyl sites for hydroxylation is 2. The van der Waals surface area contributed by atoms with Gasteiger partial charge in [-0.3, -0.25) is 9.48 Å². The maximum atomic E-state index is 12.1. The summed E-state index contributed by atoms with van der Waals surface area (Å²) in [7, 11) is 0. The van der Waals surface area contributed by atoms with Crippen molar-refractivity contribution in [2.45, 2.75) is 13.5 Å². The largest absolute Gasteiger partial charge is 0.321 e. The maximum Gasteiger partial charge on any atom is 0.266 e. The average molecular weight is 315 g/mol. The normalized spacial score (nSPS) is 11.0. The molecule has 0 fully saturated rings. The van der Waals surface area contributed by atoms with Crippen LogP contribution in [-0.2, 0) is 11.3 Å². The molecule has 0 aliphatic rings. The van der Waals surface area contributed by atoms with Crippen LogP contribution in [0, 0.1) is 18.3 Å². The Morgan fingerprint density at radius 3 is 3.05 bits per heavy atom. The van der Waals surface area contributed by atoms with Crippen molar-refractivity contribution in [3.63, 3.8) is 0 Å². The highest BCUT2D eigenvalue weighted by molar-refractivity contribution is 6.17. The quantitative estimate of drug-likeness (QED) is 0.524. The lowest BCUT2D eigenvalue weighted by Crippen LogP contribution is -2.13. The van der Waals surface area contributed by atoms with Crippen molar-refractivity contribution in [2.75, 3.05) is 11.2 Å². The number of benzene rings is 1. The molecule has 1 aromatic heterocycles. The van der Waals surface area contributed by atoms with Crippen molar-refractivity contribution in [3.05, 3.63) is 53.4 Å². The summed E-state index contributed by atoms with van der Waals surface area (Å²) in [4.78, 5) is 12.1. The second kappa shape index (κ2) is 7.43. The minimum Gasteiger partial charge on any atom is -0.321 e. The molecule has 0 unspecified atom stereocenters. The van der Waals surface area contributed by atoms with Gasteiger partial charge in [0, 0.05) is 23.3 Å². The summed E-state index contributed by atoms with van der Waals surface area (Å²) in [5, 5.41) is 16.0.